The summed E-state index contributed by atoms with van der Waals surface area (Å²) >= 11 is 0. The van der Waals surface area contributed by atoms with E-state index in [4.69, 9.17) is 14.6 Å². The van der Waals surface area contributed by atoms with Crippen LogP contribution < -0.4 is 20.8 Å². The summed E-state index contributed by atoms with van der Waals surface area (Å²) in [5, 5.41) is 25.1. The minimum Gasteiger partial charge on any atom is -0.497 e. The van der Waals surface area contributed by atoms with E-state index in [-0.39, 0.29) is 25.5 Å². The number of aliphatic hydroxyl groups is 1. The second-order valence-corrected chi connectivity index (χ2v) is 17.3. The number of carbonyl (C=O) groups is 4. The molecule has 1 fully saturated rings. The Hall–Kier alpha value is -5.67. The molecule has 1 aliphatic heterocycles. The van der Waals surface area contributed by atoms with Crippen molar-refractivity contribution in [1.82, 2.24) is 40.6 Å². The molecule has 318 valence electrons. The molecular weight excluding hydrogens is 753 g/mol. The molecule has 0 aliphatic carbocycles. The third-order valence-electron chi connectivity index (χ3n) is 10.6. The largest absolute Gasteiger partial charge is 0.497 e. The van der Waals surface area contributed by atoms with Crippen molar-refractivity contribution in [2.75, 3.05) is 33.9 Å². The lowest BCUT2D eigenvalue weighted by Crippen LogP contribution is -2.61. The highest BCUT2D eigenvalue weighted by atomic mass is 16.5. The fourth-order valence-corrected chi connectivity index (χ4v) is 7.52. The van der Waals surface area contributed by atoms with E-state index in [1.54, 1.807) is 38.7 Å². The van der Waals surface area contributed by atoms with Crippen molar-refractivity contribution < 1.29 is 33.8 Å². The van der Waals surface area contributed by atoms with Crippen LogP contribution in [0.3, 0.4) is 0 Å². The van der Waals surface area contributed by atoms with Crippen molar-refractivity contribution in [3.63, 3.8) is 0 Å². The first-order chi connectivity index (χ1) is 27.9. The molecule has 3 aromatic carbocycles. The smallest absolute Gasteiger partial charge is 0.407 e. The highest BCUT2D eigenvalue weighted by Crippen LogP contribution is 2.30. The summed E-state index contributed by atoms with van der Waals surface area (Å²) in [7, 11) is 4.68. The molecule has 4 aromatic rings. The highest BCUT2D eigenvalue weighted by Gasteiger charge is 2.45. The number of hydrogen-bond donors (Lipinski definition) is 4. The second kappa shape index (κ2) is 18.9. The summed E-state index contributed by atoms with van der Waals surface area (Å²) in [6.07, 6.45) is -1.72. The van der Waals surface area contributed by atoms with E-state index >= 15 is 0 Å². The predicted molar refractivity (Wildman–Crippen MR) is 225 cm³/mol. The Labute approximate surface area is 347 Å². The highest BCUT2D eigenvalue weighted by molar-refractivity contribution is 5.89. The van der Waals surface area contributed by atoms with E-state index in [0.717, 1.165) is 27.7 Å². The van der Waals surface area contributed by atoms with E-state index in [0.29, 0.717) is 25.4 Å². The summed E-state index contributed by atoms with van der Waals surface area (Å²) in [4.78, 5) is 58.3. The number of nitrogens with one attached hydrogen (secondary N) is 3. The summed E-state index contributed by atoms with van der Waals surface area (Å²) in [5.74, 6) is -0.268. The lowest BCUT2D eigenvalue weighted by atomic mass is 9.84. The van der Waals surface area contributed by atoms with Gasteiger partial charge in [0.15, 0.2) is 0 Å². The van der Waals surface area contributed by atoms with Crippen LogP contribution in [0.5, 0.6) is 5.75 Å². The van der Waals surface area contributed by atoms with Crippen molar-refractivity contribution in [2.45, 2.75) is 85.3 Å². The standard InChI is InChI=1S/C44H60N8O7/c1-43(2,3)37(46-41(56)59-9)39(54)48-51(26-30-19-21-31(58-8)22-20-30)28-36(53)33(25-29-15-11-10-12-16-29)45-40(55)38(44(4,5)6)52-24-23-50(42(52)57)27-34-32-17-13-14-18-35(32)49(7)47-34/h10-22,33,36-38,53H,23-28H2,1-9H3,(H,45,55)(H,46,56)(H,48,54)/t33-,36-,37+,38+/m0/s1. The van der Waals surface area contributed by atoms with Gasteiger partial charge in [0.2, 0.25) is 5.91 Å². The van der Waals surface area contributed by atoms with Crippen molar-refractivity contribution in [2.24, 2.45) is 17.9 Å². The van der Waals surface area contributed by atoms with Gasteiger partial charge in [0.25, 0.3) is 5.91 Å². The number of aryl methyl sites for hydroxylation is 1. The Morgan fingerprint density at radius 2 is 1.51 bits per heavy atom. The molecule has 1 aromatic heterocycles. The Bertz CT molecular complexity index is 2060. The Morgan fingerprint density at radius 3 is 2.14 bits per heavy atom. The van der Waals surface area contributed by atoms with E-state index in [1.165, 1.54) is 7.11 Å². The lowest BCUT2D eigenvalue weighted by Gasteiger charge is -2.38. The minimum absolute atomic E-state index is 0.112. The molecule has 15 heteroatoms. The lowest BCUT2D eigenvalue weighted by molar-refractivity contribution is -0.133. The predicted octanol–water partition coefficient (Wildman–Crippen LogP) is 4.63. The maximum atomic E-state index is 14.6. The number of benzene rings is 3. The van der Waals surface area contributed by atoms with Gasteiger partial charge in [0.05, 0.1) is 44.1 Å². The maximum Gasteiger partial charge on any atom is 0.407 e. The Kier molecular flexibility index (Phi) is 14.3. The molecule has 0 bridgehead atoms. The van der Waals surface area contributed by atoms with E-state index in [1.807, 2.05) is 115 Å². The monoisotopic (exact) mass is 812 g/mol. The number of carbonyl (C=O) groups excluding carboxylic acids is 4. The molecule has 5 amide bonds. The average molecular weight is 813 g/mol. The SMILES string of the molecule is COC(=O)N[C@H](C(=O)NN(Cc1ccc(OC)cc1)C[C@H](O)[C@H](Cc1ccccc1)NC(=O)[C@@H](N1CCN(Cc2nn(C)c3ccccc23)C1=O)C(C)(C)C)C(C)(C)C. The van der Waals surface area contributed by atoms with Crippen LogP contribution in [0, 0.1) is 10.8 Å². The van der Waals surface area contributed by atoms with E-state index in [9.17, 15) is 24.3 Å². The first kappa shape index (κ1) is 44.4. The molecule has 0 radical (unpaired) electrons. The van der Waals surface area contributed by atoms with Gasteiger partial charge in [-0.1, -0.05) is 102 Å². The number of hydrazine groups is 1. The molecule has 4 N–H and O–H groups in total. The molecule has 1 saturated heterocycles. The zero-order valence-corrected chi connectivity index (χ0v) is 35.7. The van der Waals surface area contributed by atoms with Gasteiger partial charge < -0.3 is 35.0 Å². The first-order valence-electron chi connectivity index (χ1n) is 19.9. The number of aromatic nitrogens is 2. The number of amides is 5. The second-order valence-electron chi connectivity index (χ2n) is 17.3. The number of alkyl carbamates (subject to hydrolysis) is 1. The van der Waals surface area contributed by atoms with Crippen molar-refractivity contribution in [1.29, 1.82) is 0 Å². The van der Waals surface area contributed by atoms with Crippen molar-refractivity contribution >= 4 is 34.8 Å². The van der Waals surface area contributed by atoms with Crippen LogP contribution in [0.4, 0.5) is 9.59 Å². The maximum absolute atomic E-state index is 14.6. The van der Waals surface area contributed by atoms with Crippen LogP contribution in [0.1, 0.15) is 58.4 Å². The topological polar surface area (TPSA) is 171 Å². The van der Waals surface area contributed by atoms with Gasteiger partial charge in [-0.15, -0.1) is 0 Å². The van der Waals surface area contributed by atoms with Gasteiger partial charge in [0.1, 0.15) is 17.8 Å². The summed E-state index contributed by atoms with van der Waals surface area (Å²) in [6, 6.07) is 21.7. The molecule has 0 unspecified atom stereocenters. The van der Waals surface area contributed by atoms with Crippen LogP contribution in [0.15, 0.2) is 78.9 Å². The summed E-state index contributed by atoms with van der Waals surface area (Å²) in [5.41, 5.74) is 4.96. The van der Waals surface area contributed by atoms with Crippen molar-refractivity contribution in [3.8, 4) is 5.75 Å². The molecule has 59 heavy (non-hydrogen) atoms. The molecule has 4 atom stereocenters. The summed E-state index contributed by atoms with van der Waals surface area (Å²) < 4.78 is 11.9. The molecule has 15 nitrogen and oxygen atoms in total. The molecular formula is C44H60N8O7. The van der Waals surface area contributed by atoms with E-state index in [2.05, 4.69) is 16.1 Å². The van der Waals surface area contributed by atoms with Crippen molar-refractivity contribution in [3.05, 3.63) is 95.7 Å². The number of ether oxygens (including phenoxy) is 2. The van der Waals surface area contributed by atoms with Crippen LogP contribution in [-0.4, -0.2) is 112 Å². The number of nitrogens with zero attached hydrogens (tertiary/aromatic N) is 5. The molecule has 2 heterocycles. The first-order valence-corrected chi connectivity index (χ1v) is 19.9. The molecule has 0 saturated carbocycles. The number of aliphatic hydroxyl groups excluding tert-OH is 1. The summed E-state index contributed by atoms with van der Waals surface area (Å²) in [6.45, 7) is 12.3. The number of fused-ring (bicyclic) bond motifs is 1. The zero-order valence-electron chi connectivity index (χ0n) is 35.7. The molecule has 5 rings (SSSR count). The van der Waals surface area contributed by atoms with Gasteiger partial charge in [-0.2, -0.15) is 5.10 Å². The number of rotatable bonds is 16. The van der Waals surface area contributed by atoms with Gasteiger partial charge in [-0.3, -0.25) is 19.7 Å². The van der Waals surface area contributed by atoms with Gasteiger partial charge in [-0.05, 0) is 46.6 Å². The average Bonchev–Trinajstić information content (AvgIpc) is 3.70. The minimum atomic E-state index is -1.22. The number of hydrogen-bond acceptors (Lipinski definition) is 9. The van der Waals surface area contributed by atoms with Crippen LogP contribution in [0.25, 0.3) is 10.9 Å². The van der Waals surface area contributed by atoms with E-state index < -0.39 is 53.0 Å². The quantitative estimate of drug-likeness (QED) is 0.118. The Morgan fingerprint density at radius 1 is 0.847 bits per heavy atom. The normalized spacial score (nSPS) is 15.5. The number of para-hydroxylation sites is 1. The van der Waals surface area contributed by atoms with Crippen LogP contribution in [0.2, 0.25) is 0 Å². The third-order valence-corrected chi connectivity index (χ3v) is 10.6. The fourth-order valence-electron chi connectivity index (χ4n) is 7.52. The number of methoxy groups -OCH3 is 2. The zero-order chi connectivity index (χ0) is 43.1. The van der Waals surface area contributed by atoms with Crippen LogP contribution in [-0.2, 0) is 40.9 Å². The Balaban J connectivity index is 1.40. The van der Waals surface area contributed by atoms with Crippen LogP contribution >= 0.6 is 0 Å². The van der Waals surface area contributed by atoms with Gasteiger partial charge >= 0.3 is 12.1 Å². The van der Waals surface area contributed by atoms with Gasteiger partial charge in [-0.25, -0.2) is 14.6 Å². The van der Waals surface area contributed by atoms with Gasteiger partial charge in [0, 0.05) is 38.6 Å². The fraction of sp³-hybridized carbons (Fsp3) is 0.477. The molecule has 0 spiro atoms. The molecule has 1 aliphatic rings. The third kappa shape index (κ3) is 11.3. The number of urea groups is 1.